The van der Waals surface area contributed by atoms with E-state index in [-0.39, 0.29) is 0 Å². The molecule has 0 spiro atoms. The van der Waals surface area contributed by atoms with Gasteiger partial charge in [0.05, 0.1) is 0 Å². The minimum atomic E-state index is 0.484. The van der Waals surface area contributed by atoms with Gasteiger partial charge >= 0.3 is 82.2 Å². The first-order valence-electron chi connectivity index (χ1n) is 3.23. The molecule has 0 aromatic carbocycles. The standard InChI is InChI=1S/C6H14I2N/c1-2-8-6(7)4-3-5-9/h6H,2-5,9H2,1H3/q-1/t6-/m0/s1. The van der Waals surface area contributed by atoms with Crippen LogP contribution >= 0.6 is 22.6 Å². The van der Waals surface area contributed by atoms with Gasteiger partial charge in [0, 0.05) is 0 Å². The molecule has 0 bridgehead atoms. The second-order valence-electron chi connectivity index (χ2n) is 1.74. The summed E-state index contributed by atoms with van der Waals surface area (Å²) in [5.41, 5.74) is 5.38. The zero-order chi connectivity index (χ0) is 7.11. The van der Waals surface area contributed by atoms with Gasteiger partial charge in [0.2, 0.25) is 0 Å². The summed E-state index contributed by atoms with van der Waals surface area (Å²) < 4.78 is 2.38. The number of hydrogen-bond acceptors (Lipinski definition) is 1. The van der Waals surface area contributed by atoms with Crippen molar-refractivity contribution in [1.82, 2.24) is 0 Å². The molecule has 0 aromatic heterocycles. The van der Waals surface area contributed by atoms with E-state index in [1.54, 1.807) is 0 Å². The first-order chi connectivity index (χ1) is 4.31. The average molecular weight is 354 g/mol. The third-order valence-electron chi connectivity index (χ3n) is 0.948. The van der Waals surface area contributed by atoms with Crippen LogP contribution in [0.1, 0.15) is 19.8 Å². The van der Waals surface area contributed by atoms with Crippen molar-refractivity contribution in [3.05, 3.63) is 0 Å². The van der Waals surface area contributed by atoms with Gasteiger partial charge in [0.1, 0.15) is 0 Å². The molecule has 0 unspecified atom stereocenters. The Bertz CT molecular complexity index is 59.0. The molecule has 0 saturated heterocycles. The fraction of sp³-hybridized carbons (Fsp3) is 1.00. The van der Waals surface area contributed by atoms with Gasteiger partial charge < -0.3 is 0 Å². The monoisotopic (exact) mass is 354 g/mol. The molecule has 0 aliphatic heterocycles. The number of nitrogens with two attached hydrogens (primary N) is 1. The summed E-state index contributed by atoms with van der Waals surface area (Å²) in [5, 5.41) is 0. The molecule has 58 valence electrons. The van der Waals surface area contributed by atoms with Crippen molar-refractivity contribution in [2.45, 2.75) is 21.7 Å². The zero-order valence-electron chi connectivity index (χ0n) is 5.74. The van der Waals surface area contributed by atoms with Crippen molar-refractivity contribution in [3.63, 3.8) is 0 Å². The van der Waals surface area contributed by atoms with Gasteiger partial charge in [-0.05, 0) is 0 Å². The van der Waals surface area contributed by atoms with Crippen LogP contribution < -0.4 is 26.9 Å². The summed E-state index contributed by atoms with van der Waals surface area (Å²) in [6.45, 7) is 3.15. The van der Waals surface area contributed by atoms with Crippen molar-refractivity contribution in [1.29, 1.82) is 0 Å². The summed E-state index contributed by atoms with van der Waals surface area (Å²) in [7, 11) is 0. The molecular formula is C6H14I2N-. The van der Waals surface area contributed by atoms with E-state index in [4.69, 9.17) is 5.73 Å². The normalized spacial score (nSPS) is 14.1. The summed E-state index contributed by atoms with van der Waals surface area (Å²) in [5.74, 6) is 0. The van der Waals surface area contributed by atoms with Crippen molar-refractivity contribution < 1.29 is 21.2 Å². The Kier molecular flexibility index (Phi) is 8.71. The molecule has 0 aliphatic carbocycles. The second kappa shape index (κ2) is 7.53. The molecule has 0 radical (unpaired) electrons. The van der Waals surface area contributed by atoms with E-state index in [0.29, 0.717) is 21.2 Å². The van der Waals surface area contributed by atoms with Gasteiger partial charge in [0.15, 0.2) is 0 Å². The molecule has 2 N–H and O–H groups in total. The SMILES string of the molecule is CC[I-][C@H](I)CCCN. The number of halogens is 2. The summed E-state index contributed by atoms with van der Waals surface area (Å²) in [6, 6.07) is 0. The van der Waals surface area contributed by atoms with Crippen LogP contribution in [-0.4, -0.2) is 12.9 Å². The summed E-state index contributed by atoms with van der Waals surface area (Å²) in [6.07, 6.45) is 2.56. The first kappa shape index (κ1) is 10.4. The molecule has 0 aliphatic rings. The van der Waals surface area contributed by atoms with E-state index in [2.05, 4.69) is 29.5 Å². The predicted molar refractivity (Wildman–Crippen MR) is 46.6 cm³/mol. The maximum absolute atomic E-state index is 5.38. The van der Waals surface area contributed by atoms with Crippen molar-refractivity contribution >= 4 is 22.6 Å². The first-order valence-corrected chi connectivity index (χ1v) is 7.24. The van der Waals surface area contributed by atoms with Crippen LogP contribution in [-0.2, 0) is 0 Å². The predicted octanol–water partition coefficient (Wildman–Crippen LogP) is -1.40. The van der Waals surface area contributed by atoms with Crippen LogP contribution in [0.5, 0.6) is 0 Å². The average Bonchev–Trinajstić information content (AvgIpc) is 1.85. The van der Waals surface area contributed by atoms with Gasteiger partial charge in [-0.3, -0.25) is 0 Å². The third kappa shape index (κ3) is 7.32. The number of hydrogen-bond donors (Lipinski definition) is 1. The fourth-order valence-electron chi connectivity index (χ4n) is 0.517. The minimum absolute atomic E-state index is 0.484. The van der Waals surface area contributed by atoms with Crippen molar-refractivity contribution in [2.75, 3.05) is 11.0 Å². The van der Waals surface area contributed by atoms with Crippen LogP contribution in [0.25, 0.3) is 0 Å². The number of alkyl halides is 3. The Balaban J connectivity index is 2.95. The molecule has 0 heterocycles. The Hall–Kier alpha value is 1.42. The molecule has 3 heteroatoms. The Morgan fingerprint density at radius 3 is 2.78 bits per heavy atom. The zero-order valence-corrected chi connectivity index (χ0v) is 10.1. The summed E-state index contributed by atoms with van der Waals surface area (Å²) in [4.78, 5) is 0. The van der Waals surface area contributed by atoms with Gasteiger partial charge in [-0.1, -0.05) is 0 Å². The fourth-order valence-corrected chi connectivity index (χ4v) is 5.03. The Labute approximate surface area is 81.6 Å². The third-order valence-corrected chi connectivity index (χ3v) is 6.26. The van der Waals surface area contributed by atoms with Crippen LogP contribution in [0.3, 0.4) is 0 Å². The van der Waals surface area contributed by atoms with E-state index in [1.165, 1.54) is 17.3 Å². The Morgan fingerprint density at radius 1 is 1.67 bits per heavy atom. The van der Waals surface area contributed by atoms with Gasteiger partial charge in [-0.25, -0.2) is 0 Å². The molecule has 9 heavy (non-hydrogen) atoms. The topological polar surface area (TPSA) is 26.0 Å². The van der Waals surface area contributed by atoms with Crippen LogP contribution in [0, 0.1) is 0 Å². The summed E-state index contributed by atoms with van der Waals surface area (Å²) >= 11 is 3.04. The van der Waals surface area contributed by atoms with E-state index in [9.17, 15) is 0 Å². The van der Waals surface area contributed by atoms with Crippen molar-refractivity contribution in [3.8, 4) is 0 Å². The van der Waals surface area contributed by atoms with Crippen LogP contribution in [0.15, 0.2) is 0 Å². The van der Waals surface area contributed by atoms with Gasteiger partial charge in [-0.2, -0.15) is 0 Å². The van der Waals surface area contributed by atoms with Gasteiger partial charge in [0.25, 0.3) is 0 Å². The number of rotatable bonds is 5. The van der Waals surface area contributed by atoms with Crippen LogP contribution in [0.4, 0.5) is 0 Å². The molecule has 0 amide bonds. The Morgan fingerprint density at radius 2 is 2.33 bits per heavy atom. The molecule has 0 rings (SSSR count). The molecule has 0 aromatic rings. The maximum atomic E-state index is 5.38. The molecular weight excluding hydrogens is 340 g/mol. The molecule has 1 atom stereocenters. The van der Waals surface area contributed by atoms with Gasteiger partial charge in [-0.15, -0.1) is 0 Å². The quantitative estimate of drug-likeness (QED) is 0.477. The van der Waals surface area contributed by atoms with E-state index in [0.717, 1.165) is 8.48 Å². The molecule has 0 saturated carbocycles. The van der Waals surface area contributed by atoms with Crippen LogP contribution in [0.2, 0.25) is 0 Å². The van der Waals surface area contributed by atoms with E-state index in [1.807, 2.05) is 0 Å². The van der Waals surface area contributed by atoms with Crippen molar-refractivity contribution in [2.24, 2.45) is 5.73 Å². The molecule has 0 fully saturated rings. The van der Waals surface area contributed by atoms with E-state index >= 15 is 0 Å². The second-order valence-corrected chi connectivity index (χ2v) is 9.54. The molecule has 1 nitrogen and oxygen atoms in total. The van der Waals surface area contributed by atoms with E-state index < -0.39 is 0 Å².